The summed E-state index contributed by atoms with van der Waals surface area (Å²) in [4.78, 5) is 2.60. The second-order valence-electron chi connectivity index (χ2n) is 5.08. The summed E-state index contributed by atoms with van der Waals surface area (Å²) in [5, 5.41) is 3.53. The third-order valence-corrected chi connectivity index (χ3v) is 4.38. The number of piperazine rings is 1. The lowest BCUT2D eigenvalue weighted by Crippen LogP contribution is -2.54. The van der Waals surface area contributed by atoms with Gasteiger partial charge in [0, 0.05) is 34.8 Å². The largest absolute Gasteiger partial charge is 0.311 e. The fourth-order valence-electron chi connectivity index (χ4n) is 2.52. The number of nitrogens with one attached hydrogen (secondary N) is 1. The van der Waals surface area contributed by atoms with Crippen LogP contribution in [-0.4, -0.2) is 30.1 Å². The van der Waals surface area contributed by atoms with E-state index in [9.17, 15) is 0 Å². The first-order valence-electron chi connectivity index (χ1n) is 6.32. The van der Waals surface area contributed by atoms with Crippen LogP contribution in [0.15, 0.2) is 24.3 Å². The molecular formula is C14H21IN2. The van der Waals surface area contributed by atoms with Crippen molar-refractivity contribution in [2.75, 3.05) is 13.1 Å². The Morgan fingerprint density at radius 3 is 2.59 bits per heavy atom. The molecule has 1 fully saturated rings. The number of benzene rings is 1. The molecule has 0 saturated carbocycles. The van der Waals surface area contributed by atoms with Gasteiger partial charge in [0.2, 0.25) is 0 Å². The third-order valence-electron chi connectivity index (χ3n) is 3.66. The highest BCUT2D eigenvalue weighted by Gasteiger charge is 2.26. The van der Waals surface area contributed by atoms with Gasteiger partial charge in [-0.3, -0.25) is 4.90 Å². The first kappa shape index (κ1) is 13.3. The second-order valence-corrected chi connectivity index (χ2v) is 6.33. The number of hydrogen-bond donors (Lipinski definition) is 1. The topological polar surface area (TPSA) is 15.3 Å². The van der Waals surface area contributed by atoms with E-state index >= 15 is 0 Å². The summed E-state index contributed by atoms with van der Waals surface area (Å²) >= 11 is 2.36. The minimum atomic E-state index is 0.506. The zero-order chi connectivity index (χ0) is 12.4. The Labute approximate surface area is 118 Å². The van der Waals surface area contributed by atoms with E-state index in [0.717, 1.165) is 13.1 Å². The van der Waals surface area contributed by atoms with E-state index in [1.165, 1.54) is 9.13 Å². The smallest absolute Gasteiger partial charge is 0.0323 e. The molecule has 1 saturated heterocycles. The monoisotopic (exact) mass is 344 g/mol. The normalized spacial score (nSPS) is 28.0. The van der Waals surface area contributed by atoms with Crippen molar-refractivity contribution < 1.29 is 0 Å². The van der Waals surface area contributed by atoms with E-state index in [-0.39, 0.29) is 0 Å². The second kappa shape index (κ2) is 5.67. The Morgan fingerprint density at radius 1 is 1.29 bits per heavy atom. The zero-order valence-electron chi connectivity index (χ0n) is 10.8. The van der Waals surface area contributed by atoms with Crippen molar-refractivity contribution in [3.63, 3.8) is 0 Å². The van der Waals surface area contributed by atoms with Crippen LogP contribution in [0.4, 0.5) is 0 Å². The third kappa shape index (κ3) is 3.20. The summed E-state index contributed by atoms with van der Waals surface area (Å²) in [5.41, 5.74) is 1.42. The molecule has 17 heavy (non-hydrogen) atoms. The van der Waals surface area contributed by atoms with E-state index < -0.39 is 0 Å². The Morgan fingerprint density at radius 2 is 1.94 bits per heavy atom. The van der Waals surface area contributed by atoms with E-state index in [1.807, 2.05) is 0 Å². The molecule has 1 aliphatic rings. The lowest BCUT2D eigenvalue weighted by Gasteiger charge is -2.41. The highest BCUT2D eigenvalue weighted by molar-refractivity contribution is 14.1. The van der Waals surface area contributed by atoms with Gasteiger partial charge < -0.3 is 5.32 Å². The first-order chi connectivity index (χ1) is 8.08. The van der Waals surface area contributed by atoms with Gasteiger partial charge >= 0.3 is 0 Å². The molecule has 0 aliphatic carbocycles. The van der Waals surface area contributed by atoms with Crippen LogP contribution in [0.25, 0.3) is 0 Å². The van der Waals surface area contributed by atoms with E-state index in [2.05, 4.69) is 77.8 Å². The molecule has 3 unspecified atom stereocenters. The molecule has 1 aliphatic heterocycles. The molecule has 0 bridgehead atoms. The Hall–Kier alpha value is -0.130. The number of nitrogens with zero attached hydrogens (tertiary/aromatic N) is 1. The van der Waals surface area contributed by atoms with Crippen LogP contribution < -0.4 is 5.32 Å². The maximum Gasteiger partial charge on any atom is 0.0323 e. The summed E-state index contributed by atoms with van der Waals surface area (Å²) in [6.07, 6.45) is 0. The van der Waals surface area contributed by atoms with E-state index in [4.69, 9.17) is 0 Å². The zero-order valence-corrected chi connectivity index (χ0v) is 12.9. The minimum absolute atomic E-state index is 0.506. The predicted octanol–water partition coefficient (Wildman–Crippen LogP) is 3.03. The predicted molar refractivity (Wildman–Crippen MR) is 81.2 cm³/mol. The van der Waals surface area contributed by atoms with Crippen molar-refractivity contribution >= 4 is 22.6 Å². The molecule has 0 amide bonds. The lowest BCUT2D eigenvalue weighted by molar-refractivity contribution is 0.103. The highest BCUT2D eigenvalue weighted by atomic mass is 127. The van der Waals surface area contributed by atoms with Crippen molar-refractivity contribution in [2.45, 2.75) is 38.9 Å². The molecular weight excluding hydrogens is 323 g/mol. The van der Waals surface area contributed by atoms with Crippen molar-refractivity contribution in [1.82, 2.24) is 10.2 Å². The Bertz CT molecular complexity index is 363. The molecule has 1 aromatic carbocycles. The standard InChI is InChI=1S/C14H21IN2/c1-10-9-17(11(2)8-16-10)12(3)13-4-6-14(15)7-5-13/h4-7,10-12,16H,8-9H2,1-3H3. The Balaban J connectivity index is 2.12. The van der Waals surface area contributed by atoms with E-state index in [0.29, 0.717) is 18.1 Å². The molecule has 1 aromatic rings. The highest BCUT2D eigenvalue weighted by Crippen LogP contribution is 2.24. The van der Waals surface area contributed by atoms with Gasteiger partial charge in [-0.25, -0.2) is 0 Å². The summed E-state index contributed by atoms with van der Waals surface area (Å²) in [7, 11) is 0. The van der Waals surface area contributed by atoms with Crippen LogP contribution in [-0.2, 0) is 0 Å². The van der Waals surface area contributed by atoms with Crippen LogP contribution in [0.1, 0.15) is 32.4 Å². The van der Waals surface area contributed by atoms with Gasteiger partial charge in [0.1, 0.15) is 0 Å². The van der Waals surface area contributed by atoms with Crippen LogP contribution >= 0.6 is 22.6 Å². The van der Waals surface area contributed by atoms with Gasteiger partial charge in [-0.2, -0.15) is 0 Å². The average Bonchev–Trinajstić information content (AvgIpc) is 2.32. The summed E-state index contributed by atoms with van der Waals surface area (Å²) in [6.45, 7) is 9.11. The number of hydrogen-bond acceptors (Lipinski definition) is 2. The maximum absolute atomic E-state index is 3.53. The first-order valence-corrected chi connectivity index (χ1v) is 7.40. The summed E-state index contributed by atoms with van der Waals surface area (Å²) in [6, 6.07) is 10.6. The molecule has 3 heteroatoms. The molecule has 94 valence electrons. The van der Waals surface area contributed by atoms with Crippen LogP contribution in [0.3, 0.4) is 0 Å². The molecule has 3 atom stereocenters. The quantitative estimate of drug-likeness (QED) is 0.830. The van der Waals surface area contributed by atoms with Crippen molar-refractivity contribution in [1.29, 1.82) is 0 Å². The van der Waals surface area contributed by atoms with Crippen LogP contribution in [0.5, 0.6) is 0 Å². The maximum atomic E-state index is 3.53. The van der Waals surface area contributed by atoms with Crippen LogP contribution in [0, 0.1) is 3.57 Å². The molecule has 0 radical (unpaired) electrons. The average molecular weight is 344 g/mol. The molecule has 0 spiro atoms. The van der Waals surface area contributed by atoms with Gasteiger partial charge in [0.05, 0.1) is 0 Å². The summed E-state index contributed by atoms with van der Waals surface area (Å²) < 4.78 is 1.31. The fourth-order valence-corrected chi connectivity index (χ4v) is 2.88. The van der Waals surface area contributed by atoms with Gasteiger partial charge in [0.15, 0.2) is 0 Å². The van der Waals surface area contributed by atoms with Gasteiger partial charge in [0.25, 0.3) is 0 Å². The van der Waals surface area contributed by atoms with E-state index in [1.54, 1.807) is 0 Å². The SMILES string of the molecule is CC1CN(C(C)c2ccc(I)cc2)C(C)CN1. The van der Waals surface area contributed by atoms with Gasteiger partial charge in [-0.1, -0.05) is 12.1 Å². The molecule has 1 heterocycles. The molecule has 2 rings (SSSR count). The van der Waals surface area contributed by atoms with Gasteiger partial charge in [-0.05, 0) is 61.1 Å². The van der Waals surface area contributed by atoms with Crippen LogP contribution in [0.2, 0.25) is 0 Å². The number of halogens is 1. The molecule has 1 N–H and O–H groups in total. The molecule has 0 aromatic heterocycles. The fraction of sp³-hybridized carbons (Fsp3) is 0.571. The van der Waals surface area contributed by atoms with Gasteiger partial charge in [-0.15, -0.1) is 0 Å². The summed E-state index contributed by atoms with van der Waals surface area (Å²) in [5.74, 6) is 0. The minimum Gasteiger partial charge on any atom is -0.311 e. The Kier molecular flexibility index (Phi) is 4.44. The van der Waals surface area contributed by atoms with Crippen molar-refractivity contribution in [2.24, 2.45) is 0 Å². The van der Waals surface area contributed by atoms with Crippen molar-refractivity contribution in [3.05, 3.63) is 33.4 Å². The molecule has 2 nitrogen and oxygen atoms in total. The van der Waals surface area contributed by atoms with Crippen molar-refractivity contribution in [3.8, 4) is 0 Å². The number of rotatable bonds is 2. The lowest BCUT2D eigenvalue weighted by atomic mass is 10.0.